The predicted molar refractivity (Wildman–Crippen MR) is 148 cm³/mol. The van der Waals surface area contributed by atoms with Gasteiger partial charge in [-0.25, -0.2) is 0 Å². The monoisotopic (exact) mass is 500 g/mol. The van der Waals surface area contributed by atoms with E-state index >= 15 is 0 Å². The van der Waals surface area contributed by atoms with Gasteiger partial charge in [-0.1, -0.05) is 48.5 Å². The van der Waals surface area contributed by atoms with Gasteiger partial charge in [0.15, 0.2) is 5.11 Å². The second kappa shape index (κ2) is 10.4. The standard InChI is InChI=1S/C28H32N6OS/c36-28(29-17-24-10-5-15-35-24)32-27-30-25(33-13-11-20-6-1-3-8-22(20)18-33)16-26(31-27)34-14-12-21-7-2-4-9-23(21)19-34/h1-4,6-9,16,24H,5,10-15,17-19H2,(H2,29,30,31,32,36). The minimum Gasteiger partial charge on any atom is -0.376 e. The minimum atomic E-state index is 0.217. The van der Waals surface area contributed by atoms with Gasteiger partial charge in [-0.2, -0.15) is 9.97 Å². The van der Waals surface area contributed by atoms with Gasteiger partial charge in [0, 0.05) is 45.4 Å². The summed E-state index contributed by atoms with van der Waals surface area (Å²) in [6, 6.07) is 19.5. The summed E-state index contributed by atoms with van der Waals surface area (Å²) < 4.78 is 5.71. The fraction of sp³-hybridized carbons (Fsp3) is 0.393. The van der Waals surface area contributed by atoms with Crippen molar-refractivity contribution in [3.8, 4) is 0 Å². The summed E-state index contributed by atoms with van der Waals surface area (Å²) in [6.45, 7) is 5.07. The zero-order valence-electron chi connectivity index (χ0n) is 20.4. The van der Waals surface area contributed by atoms with E-state index in [1.54, 1.807) is 0 Å². The molecule has 1 unspecified atom stereocenters. The highest BCUT2D eigenvalue weighted by molar-refractivity contribution is 7.80. The van der Waals surface area contributed by atoms with E-state index in [0.29, 0.717) is 17.6 Å². The molecule has 3 aliphatic heterocycles. The van der Waals surface area contributed by atoms with Crippen molar-refractivity contribution in [1.29, 1.82) is 0 Å². The molecule has 4 heterocycles. The van der Waals surface area contributed by atoms with Crippen molar-refractivity contribution in [2.75, 3.05) is 41.4 Å². The molecule has 0 aliphatic carbocycles. The summed E-state index contributed by atoms with van der Waals surface area (Å²) in [5.41, 5.74) is 5.57. The Morgan fingerprint density at radius 1 is 0.889 bits per heavy atom. The number of thiocarbonyl (C=S) groups is 1. The van der Waals surface area contributed by atoms with Crippen LogP contribution in [0.2, 0.25) is 0 Å². The predicted octanol–water partition coefficient (Wildman–Crippen LogP) is 4.07. The molecule has 0 radical (unpaired) electrons. The van der Waals surface area contributed by atoms with Crippen molar-refractivity contribution in [1.82, 2.24) is 15.3 Å². The molecule has 186 valence electrons. The molecule has 2 aromatic carbocycles. The topological polar surface area (TPSA) is 65.6 Å². The van der Waals surface area contributed by atoms with Gasteiger partial charge in [-0.05, 0) is 60.2 Å². The van der Waals surface area contributed by atoms with E-state index in [9.17, 15) is 0 Å². The van der Waals surface area contributed by atoms with Crippen molar-refractivity contribution in [2.45, 2.75) is 44.9 Å². The number of fused-ring (bicyclic) bond motifs is 2. The highest BCUT2D eigenvalue weighted by Crippen LogP contribution is 2.29. The van der Waals surface area contributed by atoms with Crippen LogP contribution in [-0.2, 0) is 30.7 Å². The number of ether oxygens (including phenoxy) is 1. The summed E-state index contributed by atoms with van der Waals surface area (Å²) in [5, 5.41) is 7.07. The molecule has 2 N–H and O–H groups in total. The number of anilines is 3. The first-order chi connectivity index (χ1) is 17.7. The van der Waals surface area contributed by atoms with Crippen molar-refractivity contribution in [2.24, 2.45) is 0 Å². The Morgan fingerprint density at radius 2 is 1.47 bits per heavy atom. The van der Waals surface area contributed by atoms with Gasteiger partial charge in [0.25, 0.3) is 0 Å². The highest BCUT2D eigenvalue weighted by atomic mass is 32.1. The van der Waals surface area contributed by atoms with E-state index in [2.05, 4.69) is 75.0 Å². The van der Waals surface area contributed by atoms with Crippen molar-refractivity contribution >= 4 is 34.9 Å². The molecule has 0 amide bonds. The summed E-state index contributed by atoms with van der Waals surface area (Å²) in [4.78, 5) is 14.5. The smallest absolute Gasteiger partial charge is 0.232 e. The minimum absolute atomic E-state index is 0.217. The molecular weight excluding hydrogens is 468 g/mol. The van der Waals surface area contributed by atoms with E-state index in [-0.39, 0.29) is 6.10 Å². The molecule has 7 nitrogen and oxygen atoms in total. The lowest BCUT2D eigenvalue weighted by Crippen LogP contribution is -2.36. The van der Waals surface area contributed by atoms with Crippen LogP contribution in [-0.4, -0.2) is 47.4 Å². The third kappa shape index (κ3) is 5.15. The highest BCUT2D eigenvalue weighted by Gasteiger charge is 2.23. The third-order valence-electron chi connectivity index (χ3n) is 7.35. The molecule has 0 bridgehead atoms. The van der Waals surface area contributed by atoms with Crippen LogP contribution < -0.4 is 20.4 Å². The van der Waals surface area contributed by atoms with Crippen LogP contribution in [0.3, 0.4) is 0 Å². The number of nitrogens with zero attached hydrogens (tertiary/aromatic N) is 4. The van der Waals surface area contributed by atoms with Crippen molar-refractivity contribution in [3.63, 3.8) is 0 Å². The summed E-state index contributed by atoms with van der Waals surface area (Å²) in [6.07, 6.45) is 4.42. The number of nitrogens with one attached hydrogen (secondary N) is 2. The number of hydrogen-bond acceptors (Lipinski definition) is 6. The average molecular weight is 501 g/mol. The van der Waals surface area contributed by atoms with Gasteiger partial charge in [0.2, 0.25) is 5.95 Å². The van der Waals surface area contributed by atoms with Crippen LogP contribution in [0.4, 0.5) is 17.6 Å². The lowest BCUT2D eigenvalue weighted by molar-refractivity contribution is 0.114. The molecular formula is C28H32N6OS. The second-order valence-electron chi connectivity index (χ2n) is 9.76. The Hall–Kier alpha value is -3.23. The molecule has 8 heteroatoms. The zero-order chi connectivity index (χ0) is 24.3. The Balaban J connectivity index is 1.25. The molecule has 1 fully saturated rings. The first kappa shape index (κ1) is 23.2. The second-order valence-corrected chi connectivity index (χ2v) is 10.2. The van der Waals surface area contributed by atoms with Crippen LogP contribution >= 0.6 is 12.2 Å². The van der Waals surface area contributed by atoms with Crippen LogP contribution in [0.1, 0.15) is 35.1 Å². The maximum atomic E-state index is 5.71. The summed E-state index contributed by atoms with van der Waals surface area (Å²) in [5.74, 6) is 2.39. The molecule has 1 atom stereocenters. The molecule has 3 aromatic rings. The lowest BCUT2D eigenvalue weighted by Gasteiger charge is -2.33. The van der Waals surface area contributed by atoms with Gasteiger partial charge in [-0.3, -0.25) is 0 Å². The lowest BCUT2D eigenvalue weighted by atomic mass is 9.99. The maximum Gasteiger partial charge on any atom is 0.232 e. The Morgan fingerprint density at radius 3 is 2.03 bits per heavy atom. The maximum absolute atomic E-state index is 5.71. The van der Waals surface area contributed by atoms with E-state index in [1.807, 2.05) is 0 Å². The molecule has 36 heavy (non-hydrogen) atoms. The Labute approximate surface area is 217 Å². The molecule has 6 rings (SSSR count). The van der Waals surface area contributed by atoms with Gasteiger partial charge in [0.05, 0.1) is 6.10 Å². The number of benzene rings is 2. The summed E-state index contributed by atoms with van der Waals surface area (Å²) >= 11 is 5.59. The van der Waals surface area contributed by atoms with Crippen LogP contribution in [0.5, 0.6) is 0 Å². The van der Waals surface area contributed by atoms with E-state index in [1.165, 1.54) is 22.3 Å². The van der Waals surface area contributed by atoms with Gasteiger partial charge in [-0.15, -0.1) is 0 Å². The van der Waals surface area contributed by atoms with Gasteiger partial charge in [0.1, 0.15) is 11.6 Å². The fourth-order valence-corrected chi connectivity index (χ4v) is 5.52. The normalized spacial score (nSPS) is 18.9. The Kier molecular flexibility index (Phi) is 6.70. The van der Waals surface area contributed by atoms with Crippen LogP contribution in [0.15, 0.2) is 54.6 Å². The van der Waals surface area contributed by atoms with Crippen LogP contribution in [0.25, 0.3) is 0 Å². The largest absolute Gasteiger partial charge is 0.376 e. The average Bonchev–Trinajstić information content (AvgIpc) is 3.45. The molecule has 1 saturated heterocycles. The van der Waals surface area contributed by atoms with E-state index in [4.69, 9.17) is 26.9 Å². The quantitative estimate of drug-likeness (QED) is 0.509. The van der Waals surface area contributed by atoms with Gasteiger partial charge >= 0.3 is 0 Å². The van der Waals surface area contributed by atoms with E-state index < -0.39 is 0 Å². The summed E-state index contributed by atoms with van der Waals surface area (Å²) in [7, 11) is 0. The molecule has 0 saturated carbocycles. The molecule has 1 aromatic heterocycles. The number of aromatic nitrogens is 2. The third-order valence-corrected chi connectivity index (χ3v) is 7.59. The zero-order valence-corrected chi connectivity index (χ0v) is 21.3. The molecule has 3 aliphatic rings. The Bertz CT molecular complexity index is 1170. The van der Waals surface area contributed by atoms with Crippen LogP contribution in [0, 0.1) is 0 Å². The van der Waals surface area contributed by atoms with Gasteiger partial charge < -0.3 is 25.2 Å². The first-order valence-corrected chi connectivity index (χ1v) is 13.3. The first-order valence-electron chi connectivity index (χ1n) is 12.9. The number of rotatable bonds is 5. The van der Waals surface area contributed by atoms with Crippen molar-refractivity contribution < 1.29 is 4.74 Å². The number of hydrogen-bond donors (Lipinski definition) is 2. The molecule has 0 spiro atoms. The SMILES string of the molecule is S=C(NCC1CCCO1)Nc1nc(N2CCc3ccccc3C2)cc(N2CCc3ccccc3C2)n1. The van der Waals surface area contributed by atoms with E-state index in [0.717, 1.165) is 70.1 Å². The van der Waals surface area contributed by atoms with Crippen molar-refractivity contribution in [3.05, 3.63) is 76.9 Å². The fourth-order valence-electron chi connectivity index (χ4n) is 5.34.